The molecule has 98 valence electrons. The number of anilines is 2. The second-order valence-electron chi connectivity index (χ2n) is 4.70. The smallest absolute Gasteiger partial charge is 0.0642 e. The number of nitrogens with zero attached hydrogens (tertiary/aromatic N) is 1. The quantitative estimate of drug-likeness (QED) is 0.707. The van der Waals surface area contributed by atoms with E-state index in [-0.39, 0.29) is 0 Å². The average Bonchev–Trinajstić information content (AvgIpc) is 2.68. The van der Waals surface area contributed by atoms with Crippen LogP contribution in [-0.2, 0) is 11.3 Å². The molecule has 3 rings (SSSR count). The van der Waals surface area contributed by atoms with Gasteiger partial charge in [0.25, 0.3) is 0 Å². The van der Waals surface area contributed by atoms with Crippen molar-refractivity contribution in [3.63, 3.8) is 0 Å². The van der Waals surface area contributed by atoms with Crippen LogP contribution in [-0.4, -0.2) is 18.3 Å². The van der Waals surface area contributed by atoms with E-state index in [2.05, 4.69) is 16.7 Å². The first kappa shape index (κ1) is 11.9. The van der Waals surface area contributed by atoms with E-state index in [0.717, 1.165) is 29.0 Å². The minimum absolute atomic E-state index is 0.655. The lowest BCUT2D eigenvalue weighted by molar-refractivity contribution is 0.189. The van der Waals surface area contributed by atoms with Crippen LogP contribution < -0.4 is 11.5 Å². The highest BCUT2D eigenvalue weighted by Crippen LogP contribution is 2.31. The predicted octanol–water partition coefficient (Wildman–Crippen LogP) is 2.61. The van der Waals surface area contributed by atoms with Crippen LogP contribution >= 0.6 is 0 Å². The van der Waals surface area contributed by atoms with Gasteiger partial charge >= 0.3 is 0 Å². The zero-order chi connectivity index (χ0) is 13.4. The highest BCUT2D eigenvalue weighted by atomic mass is 16.5. The van der Waals surface area contributed by atoms with Gasteiger partial charge in [-0.3, -0.25) is 0 Å². The monoisotopic (exact) mass is 255 g/mol. The molecular weight excluding hydrogens is 238 g/mol. The Kier molecular flexibility index (Phi) is 2.80. The Morgan fingerprint density at radius 2 is 1.47 bits per heavy atom. The van der Waals surface area contributed by atoms with Crippen LogP contribution in [0.4, 0.5) is 11.4 Å². The van der Waals surface area contributed by atoms with Crippen molar-refractivity contribution in [3.05, 3.63) is 36.4 Å². The number of ether oxygens (including phenoxy) is 1. The van der Waals surface area contributed by atoms with Gasteiger partial charge in [-0.05, 0) is 24.3 Å². The first-order valence-electron chi connectivity index (χ1n) is 6.26. The summed E-state index contributed by atoms with van der Waals surface area (Å²) in [5.74, 6) is 0. The molecule has 1 aromatic heterocycles. The van der Waals surface area contributed by atoms with Crippen molar-refractivity contribution in [1.29, 1.82) is 0 Å². The van der Waals surface area contributed by atoms with Gasteiger partial charge in [0.05, 0.1) is 17.6 Å². The first-order valence-corrected chi connectivity index (χ1v) is 6.26. The lowest BCUT2D eigenvalue weighted by Gasteiger charge is -2.07. The van der Waals surface area contributed by atoms with E-state index >= 15 is 0 Å². The highest BCUT2D eigenvalue weighted by molar-refractivity contribution is 6.09. The van der Waals surface area contributed by atoms with Crippen LogP contribution in [0.2, 0.25) is 0 Å². The largest absolute Gasteiger partial charge is 0.399 e. The van der Waals surface area contributed by atoms with Crippen molar-refractivity contribution in [2.75, 3.05) is 25.2 Å². The van der Waals surface area contributed by atoms with Crippen LogP contribution in [0.5, 0.6) is 0 Å². The second-order valence-corrected chi connectivity index (χ2v) is 4.70. The lowest BCUT2D eigenvalue weighted by atomic mass is 10.1. The molecule has 0 unspecified atom stereocenters. The molecular formula is C15H17N3O. The molecule has 4 N–H and O–H groups in total. The van der Waals surface area contributed by atoms with Crippen LogP contribution in [0.15, 0.2) is 36.4 Å². The molecule has 0 aliphatic carbocycles. The third kappa shape index (κ3) is 1.90. The molecule has 0 atom stereocenters. The summed E-state index contributed by atoms with van der Waals surface area (Å²) in [6, 6.07) is 12.0. The Balaban J connectivity index is 2.36. The molecule has 0 bridgehead atoms. The minimum atomic E-state index is 0.655. The van der Waals surface area contributed by atoms with Gasteiger partial charge in [0.2, 0.25) is 0 Å². The summed E-state index contributed by atoms with van der Waals surface area (Å²) in [5.41, 5.74) is 15.6. The van der Waals surface area contributed by atoms with Crippen molar-refractivity contribution < 1.29 is 4.74 Å². The van der Waals surface area contributed by atoms with E-state index in [0.29, 0.717) is 6.61 Å². The van der Waals surface area contributed by atoms with E-state index < -0.39 is 0 Å². The number of fused-ring (bicyclic) bond motifs is 3. The molecule has 0 saturated heterocycles. The average molecular weight is 255 g/mol. The zero-order valence-electron chi connectivity index (χ0n) is 10.9. The van der Waals surface area contributed by atoms with Crippen molar-refractivity contribution in [2.45, 2.75) is 6.54 Å². The Labute approximate surface area is 111 Å². The number of methoxy groups -OCH3 is 1. The van der Waals surface area contributed by atoms with Gasteiger partial charge < -0.3 is 20.8 Å². The van der Waals surface area contributed by atoms with Crippen molar-refractivity contribution in [1.82, 2.24) is 4.57 Å². The number of aromatic nitrogens is 1. The van der Waals surface area contributed by atoms with Crippen molar-refractivity contribution >= 4 is 33.2 Å². The summed E-state index contributed by atoms with van der Waals surface area (Å²) < 4.78 is 7.40. The summed E-state index contributed by atoms with van der Waals surface area (Å²) in [5, 5.41) is 2.39. The Hall–Kier alpha value is -2.20. The standard InChI is InChI=1S/C15H17N3O/c1-19-7-6-18-14-8-10(16)2-4-12(14)13-5-3-11(17)9-15(13)18/h2-5,8-9H,6-7,16-17H2,1H3. The molecule has 4 heteroatoms. The zero-order valence-corrected chi connectivity index (χ0v) is 10.9. The number of hydrogen-bond acceptors (Lipinski definition) is 3. The van der Waals surface area contributed by atoms with Crippen molar-refractivity contribution in [2.24, 2.45) is 0 Å². The number of rotatable bonds is 3. The van der Waals surface area contributed by atoms with E-state index in [1.165, 1.54) is 10.8 Å². The first-order chi connectivity index (χ1) is 9.20. The number of nitrogens with two attached hydrogens (primary N) is 2. The Morgan fingerprint density at radius 3 is 1.95 bits per heavy atom. The molecule has 0 amide bonds. The minimum Gasteiger partial charge on any atom is -0.399 e. The number of benzene rings is 2. The molecule has 0 fully saturated rings. The van der Waals surface area contributed by atoms with Gasteiger partial charge in [0.15, 0.2) is 0 Å². The Bertz CT molecular complexity index is 687. The van der Waals surface area contributed by atoms with Crippen LogP contribution in [0.25, 0.3) is 21.8 Å². The molecule has 19 heavy (non-hydrogen) atoms. The van der Waals surface area contributed by atoms with E-state index in [4.69, 9.17) is 16.2 Å². The number of hydrogen-bond donors (Lipinski definition) is 2. The fourth-order valence-corrected chi connectivity index (χ4v) is 2.55. The second kappa shape index (κ2) is 4.48. The third-order valence-electron chi connectivity index (χ3n) is 3.43. The lowest BCUT2D eigenvalue weighted by Crippen LogP contribution is -2.04. The van der Waals surface area contributed by atoms with Gasteiger partial charge in [-0.1, -0.05) is 12.1 Å². The molecule has 0 aliphatic rings. The van der Waals surface area contributed by atoms with Gasteiger partial charge in [0, 0.05) is 35.8 Å². The van der Waals surface area contributed by atoms with E-state index in [1.54, 1.807) is 7.11 Å². The summed E-state index contributed by atoms with van der Waals surface area (Å²) in [7, 11) is 1.70. The maximum Gasteiger partial charge on any atom is 0.0642 e. The topological polar surface area (TPSA) is 66.2 Å². The SMILES string of the molecule is COCCn1c2cc(N)ccc2c2ccc(N)cc21. The van der Waals surface area contributed by atoms with Gasteiger partial charge in [-0.15, -0.1) is 0 Å². The van der Waals surface area contributed by atoms with Crippen molar-refractivity contribution in [3.8, 4) is 0 Å². The van der Waals surface area contributed by atoms with Crippen LogP contribution in [0.1, 0.15) is 0 Å². The molecule has 0 aliphatic heterocycles. The molecule has 0 saturated carbocycles. The highest BCUT2D eigenvalue weighted by Gasteiger charge is 2.10. The van der Waals surface area contributed by atoms with Crippen LogP contribution in [0.3, 0.4) is 0 Å². The summed E-state index contributed by atoms with van der Waals surface area (Å²) >= 11 is 0. The molecule has 4 nitrogen and oxygen atoms in total. The number of nitrogen functional groups attached to an aromatic ring is 2. The Morgan fingerprint density at radius 1 is 0.947 bits per heavy atom. The molecule has 3 aromatic rings. The fourth-order valence-electron chi connectivity index (χ4n) is 2.55. The van der Waals surface area contributed by atoms with E-state index in [9.17, 15) is 0 Å². The van der Waals surface area contributed by atoms with Gasteiger partial charge in [-0.25, -0.2) is 0 Å². The summed E-state index contributed by atoms with van der Waals surface area (Å²) in [4.78, 5) is 0. The normalized spacial score (nSPS) is 11.4. The van der Waals surface area contributed by atoms with Gasteiger partial charge in [0.1, 0.15) is 0 Å². The summed E-state index contributed by atoms with van der Waals surface area (Å²) in [6.07, 6.45) is 0. The maximum absolute atomic E-state index is 5.90. The molecule has 0 radical (unpaired) electrons. The molecule has 0 spiro atoms. The van der Waals surface area contributed by atoms with E-state index in [1.807, 2.05) is 24.3 Å². The van der Waals surface area contributed by atoms with Gasteiger partial charge in [-0.2, -0.15) is 0 Å². The molecule has 2 aromatic carbocycles. The molecule has 1 heterocycles. The predicted molar refractivity (Wildman–Crippen MR) is 80.1 cm³/mol. The summed E-state index contributed by atoms with van der Waals surface area (Å²) in [6.45, 7) is 1.44. The maximum atomic E-state index is 5.90. The van der Waals surface area contributed by atoms with Crippen LogP contribution in [0, 0.1) is 0 Å². The third-order valence-corrected chi connectivity index (χ3v) is 3.43. The fraction of sp³-hybridized carbons (Fsp3) is 0.200.